The van der Waals surface area contributed by atoms with Crippen LogP contribution in [0.4, 0.5) is 0 Å². The summed E-state index contributed by atoms with van der Waals surface area (Å²) in [5, 5.41) is 13.0. The maximum atomic E-state index is 12.3. The molecule has 124 valence electrons. The molecule has 23 heavy (non-hydrogen) atoms. The summed E-state index contributed by atoms with van der Waals surface area (Å²) in [4.78, 5) is 19.0. The molecular formula is C17H24N4O2. The maximum absolute atomic E-state index is 12.3. The van der Waals surface area contributed by atoms with Crippen molar-refractivity contribution in [3.63, 3.8) is 0 Å². The van der Waals surface area contributed by atoms with Crippen molar-refractivity contribution in [2.24, 2.45) is 13.0 Å². The normalized spacial score (nSPS) is 22.4. The van der Waals surface area contributed by atoms with Gasteiger partial charge in [-0.2, -0.15) is 0 Å². The smallest absolute Gasteiger partial charge is 0.227 e. The molecule has 2 atom stereocenters. The van der Waals surface area contributed by atoms with Gasteiger partial charge in [0.15, 0.2) is 0 Å². The number of amides is 1. The topological polar surface area (TPSA) is 70.4 Å². The van der Waals surface area contributed by atoms with Crippen LogP contribution >= 0.6 is 0 Å². The number of nitrogens with one attached hydrogen (secondary N) is 1. The Morgan fingerprint density at radius 1 is 1.39 bits per heavy atom. The maximum Gasteiger partial charge on any atom is 0.227 e. The van der Waals surface area contributed by atoms with E-state index in [1.165, 1.54) is 0 Å². The Kier molecular flexibility index (Phi) is 4.63. The summed E-state index contributed by atoms with van der Waals surface area (Å²) in [5.74, 6) is 0.546. The molecule has 1 aliphatic rings. The van der Waals surface area contributed by atoms with Gasteiger partial charge in [-0.1, -0.05) is 12.1 Å². The highest BCUT2D eigenvalue weighted by Gasteiger charge is 2.31. The number of aromatic nitrogens is 2. The van der Waals surface area contributed by atoms with Crippen molar-refractivity contribution in [1.82, 2.24) is 19.8 Å². The van der Waals surface area contributed by atoms with Gasteiger partial charge in [0.25, 0.3) is 0 Å². The van der Waals surface area contributed by atoms with Crippen LogP contribution in [0.15, 0.2) is 24.3 Å². The van der Waals surface area contributed by atoms with Crippen LogP contribution in [0.5, 0.6) is 0 Å². The Morgan fingerprint density at radius 2 is 2.17 bits per heavy atom. The number of aliphatic hydroxyl groups excluding tert-OH is 1. The Balaban J connectivity index is 1.58. The van der Waals surface area contributed by atoms with Crippen LogP contribution in [-0.4, -0.2) is 58.3 Å². The summed E-state index contributed by atoms with van der Waals surface area (Å²) in [6, 6.07) is 8.00. The molecular weight excluding hydrogens is 292 g/mol. The highest BCUT2D eigenvalue weighted by Crippen LogP contribution is 2.17. The monoisotopic (exact) mass is 316 g/mol. The number of aryl methyl sites for hydroxylation is 1. The van der Waals surface area contributed by atoms with Crippen LogP contribution in [-0.2, 0) is 18.3 Å². The van der Waals surface area contributed by atoms with Crippen LogP contribution in [0.3, 0.4) is 0 Å². The third-order valence-electron chi connectivity index (χ3n) is 4.64. The SMILES string of the molecule is CN1CC[C@@H](O)[C@H](C(=O)NCCc2nc3ccccc3n2C)C1. The van der Waals surface area contributed by atoms with Gasteiger partial charge in [0, 0.05) is 33.1 Å². The van der Waals surface area contributed by atoms with E-state index in [0.717, 1.165) is 23.4 Å². The van der Waals surface area contributed by atoms with E-state index < -0.39 is 6.10 Å². The zero-order valence-corrected chi connectivity index (χ0v) is 13.7. The molecule has 0 unspecified atom stereocenters. The molecule has 0 spiro atoms. The highest BCUT2D eigenvalue weighted by molar-refractivity contribution is 5.79. The van der Waals surface area contributed by atoms with Crippen LogP contribution in [0.1, 0.15) is 12.2 Å². The third kappa shape index (κ3) is 3.38. The van der Waals surface area contributed by atoms with Crippen LogP contribution < -0.4 is 5.32 Å². The first-order valence-corrected chi connectivity index (χ1v) is 8.11. The van der Waals surface area contributed by atoms with Gasteiger partial charge < -0.3 is 19.9 Å². The first-order chi connectivity index (χ1) is 11.1. The molecule has 1 fully saturated rings. The Labute approximate surface area is 136 Å². The number of imidazole rings is 1. The minimum absolute atomic E-state index is 0.0668. The number of hydrogen-bond acceptors (Lipinski definition) is 4. The van der Waals surface area contributed by atoms with Gasteiger partial charge in [0.2, 0.25) is 5.91 Å². The van der Waals surface area contributed by atoms with Gasteiger partial charge in [-0.3, -0.25) is 4.79 Å². The van der Waals surface area contributed by atoms with Gasteiger partial charge in [-0.25, -0.2) is 4.98 Å². The predicted octanol–water partition coefficient (Wildman–Crippen LogP) is 0.545. The van der Waals surface area contributed by atoms with Gasteiger partial charge >= 0.3 is 0 Å². The first kappa shape index (κ1) is 16.0. The number of carbonyl (C=O) groups is 1. The van der Waals surface area contributed by atoms with Crippen LogP contribution in [0, 0.1) is 5.92 Å². The molecule has 1 amide bonds. The van der Waals surface area contributed by atoms with E-state index in [1.54, 1.807) is 0 Å². The van der Waals surface area contributed by atoms with Crippen LogP contribution in [0.2, 0.25) is 0 Å². The van der Waals surface area contributed by atoms with E-state index in [9.17, 15) is 9.90 Å². The van der Waals surface area contributed by atoms with Crippen molar-refractivity contribution < 1.29 is 9.90 Å². The van der Waals surface area contributed by atoms with Gasteiger partial charge in [0.05, 0.1) is 23.1 Å². The molecule has 0 aliphatic carbocycles. The fourth-order valence-electron chi connectivity index (χ4n) is 3.21. The zero-order valence-electron chi connectivity index (χ0n) is 13.7. The number of carbonyl (C=O) groups excluding carboxylic acids is 1. The molecule has 1 saturated heterocycles. The number of aliphatic hydroxyl groups is 1. The summed E-state index contributed by atoms with van der Waals surface area (Å²) in [6.45, 7) is 1.98. The minimum Gasteiger partial charge on any atom is -0.392 e. The van der Waals surface area contributed by atoms with E-state index in [2.05, 4.69) is 19.8 Å². The average molecular weight is 316 g/mol. The highest BCUT2D eigenvalue weighted by atomic mass is 16.3. The standard InChI is InChI=1S/C17H24N4O2/c1-20-10-8-15(22)12(11-20)17(23)18-9-7-16-19-13-5-3-4-6-14(13)21(16)2/h3-6,12,15,22H,7-11H2,1-2H3,(H,18,23)/t12-,15-/m1/s1. The van der Waals surface area contributed by atoms with Gasteiger partial charge in [-0.05, 0) is 25.6 Å². The number of rotatable bonds is 4. The lowest BCUT2D eigenvalue weighted by atomic mass is 9.94. The average Bonchev–Trinajstić information content (AvgIpc) is 2.86. The molecule has 2 heterocycles. The van der Waals surface area contributed by atoms with E-state index in [1.807, 2.05) is 38.4 Å². The van der Waals surface area contributed by atoms with E-state index in [-0.39, 0.29) is 11.8 Å². The molecule has 3 rings (SSSR count). The number of hydrogen-bond donors (Lipinski definition) is 2. The number of benzene rings is 1. The second-order valence-corrected chi connectivity index (χ2v) is 6.34. The number of nitrogens with zero attached hydrogens (tertiary/aromatic N) is 3. The van der Waals surface area contributed by atoms with Crippen molar-refractivity contribution in [3.05, 3.63) is 30.1 Å². The van der Waals surface area contributed by atoms with E-state index >= 15 is 0 Å². The summed E-state index contributed by atoms with van der Waals surface area (Å²) in [7, 11) is 3.97. The number of para-hydroxylation sites is 2. The van der Waals surface area contributed by atoms with Crippen molar-refractivity contribution >= 4 is 16.9 Å². The summed E-state index contributed by atoms with van der Waals surface area (Å²) < 4.78 is 2.06. The fourth-order valence-corrected chi connectivity index (χ4v) is 3.21. The Morgan fingerprint density at radius 3 is 2.96 bits per heavy atom. The summed E-state index contributed by atoms with van der Waals surface area (Å²) in [6.07, 6.45) is 0.788. The molecule has 2 aromatic rings. The second kappa shape index (κ2) is 6.68. The van der Waals surface area contributed by atoms with Crippen molar-refractivity contribution in [3.8, 4) is 0 Å². The second-order valence-electron chi connectivity index (χ2n) is 6.34. The summed E-state index contributed by atoms with van der Waals surface area (Å²) >= 11 is 0. The molecule has 0 saturated carbocycles. The molecule has 1 aromatic carbocycles. The molecule has 6 heteroatoms. The molecule has 2 N–H and O–H groups in total. The zero-order chi connectivity index (χ0) is 16.4. The predicted molar refractivity (Wildman–Crippen MR) is 89.0 cm³/mol. The first-order valence-electron chi connectivity index (χ1n) is 8.11. The number of likely N-dealkylation sites (tertiary alicyclic amines) is 1. The van der Waals surface area contributed by atoms with Crippen molar-refractivity contribution in [2.75, 3.05) is 26.7 Å². The molecule has 0 bridgehead atoms. The van der Waals surface area contributed by atoms with E-state index in [4.69, 9.17) is 0 Å². The van der Waals surface area contributed by atoms with Gasteiger partial charge in [-0.15, -0.1) is 0 Å². The lowest BCUT2D eigenvalue weighted by Crippen LogP contribution is -2.49. The molecule has 1 aliphatic heterocycles. The lowest BCUT2D eigenvalue weighted by Gasteiger charge is -2.32. The molecule has 1 aromatic heterocycles. The summed E-state index contributed by atoms with van der Waals surface area (Å²) in [5.41, 5.74) is 2.07. The largest absolute Gasteiger partial charge is 0.392 e. The Hall–Kier alpha value is -1.92. The van der Waals surface area contributed by atoms with Crippen LogP contribution in [0.25, 0.3) is 11.0 Å². The molecule has 0 radical (unpaired) electrons. The Bertz CT molecular complexity index is 697. The van der Waals surface area contributed by atoms with Crippen molar-refractivity contribution in [2.45, 2.75) is 18.9 Å². The quantitative estimate of drug-likeness (QED) is 0.864. The third-order valence-corrected chi connectivity index (χ3v) is 4.64. The number of fused-ring (bicyclic) bond motifs is 1. The van der Waals surface area contributed by atoms with Gasteiger partial charge in [0.1, 0.15) is 5.82 Å². The number of piperidine rings is 1. The van der Waals surface area contributed by atoms with Crippen molar-refractivity contribution in [1.29, 1.82) is 0 Å². The van der Waals surface area contributed by atoms with E-state index in [0.29, 0.717) is 25.9 Å². The minimum atomic E-state index is -0.540. The lowest BCUT2D eigenvalue weighted by molar-refractivity contribution is -0.131. The fraction of sp³-hybridized carbons (Fsp3) is 0.529. The molecule has 6 nitrogen and oxygen atoms in total.